The average Bonchev–Trinajstić information content (AvgIpc) is 2.55. The van der Waals surface area contributed by atoms with Crippen LogP contribution in [-0.4, -0.2) is 62.3 Å². The normalized spacial score (nSPS) is 22.5. The summed E-state index contributed by atoms with van der Waals surface area (Å²) >= 11 is 0. The molecule has 128 valence electrons. The van der Waals surface area contributed by atoms with E-state index in [2.05, 4.69) is 4.99 Å². The van der Waals surface area contributed by atoms with Gasteiger partial charge in [0, 0.05) is 32.4 Å². The standard InChI is InChI=1S/C14H15FN4O4S/c15-10-3-1-2-4-11(10)18-5-7-19(8-6-18)24(22,23)12-9-16-14(21)17-13(12)20/h1-4,9,12H,5-8H2,(H,17,20,21). The van der Waals surface area contributed by atoms with E-state index >= 15 is 0 Å². The van der Waals surface area contributed by atoms with Crippen LogP contribution in [0.5, 0.6) is 0 Å². The van der Waals surface area contributed by atoms with Gasteiger partial charge in [0.1, 0.15) is 5.82 Å². The van der Waals surface area contributed by atoms with E-state index in [9.17, 15) is 22.4 Å². The molecule has 0 bridgehead atoms. The topological polar surface area (TPSA) is 99.2 Å². The van der Waals surface area contributed by atoms with Gasteiger partial charge in [0.15, 0.2) is 5.25 Å². The van der Waals surface area contributed by atoms with Crippen LogP contribution in [0.3, 0.4) is 0 Å². The Balaban J connectivity index is 1.72. The Morgan fingerprint density at radius 1 is 1.12 bits per heavy atom. The Morgan fingerprint density at radius 2 is 1.79 bits per heavy atom. The van der Waals surface area contributed by atoms with Crippen molar-refractivity contribution in [3.8, 4) is 0 Å². The third kappa shape index (κ3) is 3.02. The van der Waals surface area contributed by atoms with E-state index in [-0.39, 0.29) is 18.9 Å². The molecule has 1 aromatic rings. The number of carbonyl (C=O) groups is 2. The number of hydrogen-bond donors (Lipinski definition) is 1. The molecule has 0 saturated carbocycles. The quantitative estimate of drug-likeness (QED) is 0.822. The van der Waals surface area contributed by atoms with Crippen molar-refractivity contribution in [2.45, 2.75) is 5.25 Å². The molecular formula is C14H15FN4O4S. The number of halogens is 1. The van der Waals surface area contributed by atoms with Crippen molar-refractivity contribution in [3.05, 3.63) is 30.1 Å². The molecule has 10 heteroatoms. The molecule has 24 heavy (non-hydrogen) atoms. The molecule has 0 radical (unpaired) electrons. The van der Waals surface area contributed by atoms with Crippen LogP contribution in [0.2, 0.25) is 0 Å². The highest BCUT2D eigenvalue weighted by Crippen LogP contribution is 2.22. The first-order valence-electron chi connectivity index (χ1n) is 7.27. The summed E-state index contributed by atoms with van der Waals surface area (Å²) in [5.74, 6) is -1.28. The van der Waals surface area contributed by atoms with Gasteiger partial charge < -0.3 is 4.90 Å². The van der Waals surface area contributed by atoms with Crippen molar-refractivity contribution < 1.29 is 22.4 Å². The van der Waals surface area contributed by atoms with E-state index < -0.39 is 27.2 Å². The molecule has 8 nitrogen and oxygen atoms in total. The van der Waals surface area contributed by atoms with Crippen molar-refractivity contribution in [1.29, 1.82) is 0 Å². The maximum absolute atomic E-state index is 13.8. The van der Waals surface area contributed by atoms with Gasteiger partial charge in [-0.1, -0.05) is 12.1 Å². The Kier molecular flexibility index (Phi) is 4.33. The number of sulfonamides is 1. The highest BCUT2D eigenvalue weighted by Gasteiger charge is 2.40. The highest BCUT2D eigenvalue weighted by molar-refractivity contribution is 7.91. The number of rotatable bonds is 3. The van der Waals surface area contributed by atoms with Gasteiger partial charge in [-0.25, -0.2) is 22.6 Å². The summed E-state index contributed by atoms with van der Waals surface area (Å²) in [4.78, 5) is 27.8. The lowest BCUT2D eigenvalue weighted by Crippen LogP contribution is -2.56. The van der Waals surface area contributed by atoms with Crippen LogP contribution in [0.4, 0.5) is 14.9 Å². The minimum atomic E-state index is -3.97. The van der Waals surface area contributed by atoms with Crippen LogP contribution in [0.25, 0.3) is 0 Å². The predicted molar refractivity (Wildman–Crippen MR) is 84.9 cm³/mol. The third-order valence-corrected chi connectivity index (χ3v) is 5.99. The predicted octanol–water partition coefficient (Wildman–Crippen LogP) is -0.0333. The van der Waals surface area contributed by atoms with E-state index in [0.29, 0.717) is 18.8 Å². The molecule has 0 spiro atoms. The largest absolute Gasteiger partial charge is 0.367 e. The van der Waals surface area contributed by atoms with Gasteiger partial charge in [0.05, 0.1) is 5.69 Å². The Hall–Kier alpha value is -2.33. The van der Waals surface area contributed by atoms with Crippen molar-refractivity contribution in [3.63, 3.8) is 0 Å². The summed E-state index contributed by atoms with van der Waals surface area (Å²) in [6.07, 6.45) is 0.847. The van der Waals surface area contributed by atoms with Crippen molar-refractivity contribution in [1.82, 2.24) is 9.62 Å². The highest BCUT2D eigenvalue weighted by atomic mass is 32.2. The number of imide groups is 1. The second-order valence-corrected chi connectivity index (χ2v) is 7.43. The fourth-order valence-electron chi connectivity index (χ4n) is 2.68. The van der Waals surface area contributed by atoms with E-state index in [4.69, 9.17) is 0 Å². The maximum Gasteiger partial charge on any atom is 0.347 e. The zero-order valence-electron chi connectivity index (χ0n) is 12.6. The van der Waals surface area contributed by atoms with Gasteiger partial charge in [0.25, 0.3) is 5.91 Å². The second-order valence-electron chi connectivity index (χ2n) is 5.38. The molecule has 2 heterocycles. The lowest BCUT2D eigenvalue weighted by molar-refractivity contribution is -0.118. The zero-order chi connectivity index (χ0) is 17.3. The van der Waals surface area contributed by atoms with Gasteiger partial charge >= 0.3 is 6.03 Å². The molecule has 1 aromatic carbocycles. The van der Waals surface area contributed by atoms with Gasteiger partial charge in [-0.05, 0) is 12.1 Å². The number of anilines is 1. The summed E-state index contributed by atoms with van der Waals surface area (Å²) in [6, 6.07) is 5.39. The SMILES string of the molecule is O=C1N=CC(S(=O)(=O)N2CCN(c3ccccc3F)CC2)C(=O)N1. The summed E-state index contributed by atoms with van der Waals surface area (Å²) < 4.78 is 40.0. The molecule has 3 rings (SSSR count). The zero-order valence-corrected chi connectivity index (χ0v) is 13.4. The molecule has 3 amide bonds. The number of aliphatic imine (C=N–C) groups is 1. The maximum atomic E-state index is 13.8. The molecular weight excluding hydrogens is 339 g/mol. The number of nitrogens with zero attached hydrogens (tertiary/aromatic N) is 3. The molecule has 1 unspecified atom stereocenters. The molecule has 2 aliphatic rings. The van der Waals surface area contributed by atoms with Crippen LogP contribution in [0.1, 0.15) is 0 Å². The van der Waals surface area contributed by atoms with Crippen LogP contribution in [0, 0.1) is 5.82 Å². The number of hydrogen-bond acceptors (Lipinski definition) is 5. The van der Waals surface area contributed by atoms with E-state index in [1.807, 2.05) is 5.32 Å². The van der Waals surface area contributed by atoms with Crippen LogP contribution >= 0.6 is 0 Å². The lowest BCUT2D eigenvalue weighted by Gasteiger charge is -2.36. The first-order valence-corrected chi connectivity index (χ1v) is 8.77. The first kappa shape index (κ1) is 16.5. The van der Waals surface area contributed by atoms with Gasteiger partial charge in [-0.3, -0.25) is 10.1 Å². The third-order valence-electron chi connectivity index (χ3n) is 3.93. The fourth-order valence-corrected chi connectivity index (χ4v) is 4.21. The summed E-state index contributed by atoms with van der Waals surface area (Å²) in [6.45, 7) is 0.819. The number of piperazine rings is 1. The van der Waals surface area contributed by atoms with Gasteiger partial charge in [-0.2, -0.15) is 4.31 Å². The molecule has 0 aromatic heterocycles. The Bertz CT molecular complexity index is 803. The fraction of sp³-hybridized carbons (Fsp3) is 0.357. The van der Waals surface area contributed by atoms with Gasteiger partial charge in [-0.15, -0.1) is 0 Å². The minimum absolute atomic E-state index is 0.113. The average molecular weight is 354 g/mol. The first-order chi connectivity index (χ1) is 11.4. The monoisotopic (exact) mass is 354 g/mol. The number of carbonyl (C=O) groups excluding carboxylic acids is 2. The van der Waals surface area contributed by atoms with Crippen molar-refractivity contribution in [2.24, 2.45) is 4.99 Å². The molecule has 1 N–H and O–H groups in total. The van der Waals surface area contributed by atoms with Crippen LogP contribution in [0.15, 0.2) is 29.3 Å². The molecule has 1 saturated heterocycles. The molecule has 0 aliphatic carbocycles. The lowest BCUT2D eigenvalue weighted by atomic mass is 10.2. The number of urea groups is 1. The second kappa shape index (κ2) is 6.29. The van der Waals surface area contributed by atoms with Crippen LogP contribution in [-0.2, 0) is 14.8 Å². The van der Waals surface area contributed by atoms with E-state index in [1.165, 1.54) is 6.07 Å². The molecule has 1 atom stereocenters. The Morgan fingerprint density at radius 3 is 2.42 bits per heavy atom. The molecule has 1 fully saturated rings. The summed E-state index contributed by atoms with van der Waals surface area (Å²) in [5, 5.41) is 0.357. The number of para-hydroxylation sites is 1. The van der Waals surface area contributed by atoms with Crippen molar-refractivity contribution >= 4 is 33.9 Å². The molecule has 2 aliphatic heterocycles. The summed E-state index contributed by atoms with van der Waals surface area (Å²) in [7, 11) is -3.97. The Labute approximate surface area is 138 Å². The minimum Gasteiger partial charge on any atom is -0.367 e. The number of nitrogens with one attached hydrogen (secondary N) is 1. The van der Waals surface area contributed by atoms with Crippen molar-refractivity contribution in [2.75, 3.05) is 31.1 Å². The number of benzene rings is 1. The summed E-state index contributed by atoms with van der Waals surface area (Å²) in [5.41, 5.74) is 0.414. The van der Waals surface area contributed by atoms with Gasteiger partial charge in [0.2, 0.25) is 10.0 Å². The smallest absolute Gasteiger partial charge is 0.347 e. The van der Waals surface area contributed by atoms with E-state index in [0.717, 1.165) is 10.5 Å². The van der Waals surface area contributed by atoms with E-state index in [1.54, 1.807) is 23.1 Å². The van der Waals surface area contributed by atoms with Crippen LogP contribution < -0.4 is 10.2 Å². The number of amides is 3.